The first kappa shape index (κ1) is 17.2. The predicted molar refractivity (Wildman–Crippen MR) is 101 cm³/mol. The number of carbonyl (C=O) groups excluding carboxylic acids is 2. The summed E-state index contributed by atoms with van der Waals surface area (Å²) in [4.78, 5) is 36.0. The van der Waals surface area contributed by atoms with E-state index in [1.165, 1.54) is 6.20 Å². The van der Waals surface area contributed by atoms with Gasteiger partial charge >= 0.3 is 0 Å². The zero-order valence-corrected chi connectivity index (χ0v) is 15.0. The third-order valence-corrected chi connectivity index (χ3v) is 4.66. The summed E-state index contributed by atoms with van der Waals surface area (Å²) >= 11 is 6.17. The molecule has 2 N–H and O–H groups in total. The molecule has 0 unspecified atom stereocenters. The molecular formula is C19H16ClN5O2. The van der Waals surface area contributed by atoms with Crippen molar-refractivity contribution in [1.82, 2.24) is 20.3 Å². The minimum atomic E-state index is -0.329. The second-order valence-electron chi connectivity index (χ2n) is 6.16. The van der Waals surface area contributed by atoms with Crippen LogP contribution in [-0.2, 0) is 17.6 Å². The number of halogens is 1. The fourth-order valence-corrected chi connectivity index (χ4v) is 3.12. The standard InChI is InChI=1S/C19H16ClN5O2/c20-25(17(26)10-12-4-2-1-3-5-12)19-22-9-7-15(24-19)16-11-13-14(23-16)6-8-21-18(13)27/h1-5,7,9,11,23H,6,8,10H2,(H,21,27). The zero-order chi connectivity index (χ0) is 18.8. The second-order valence-corrected chi connectivity index (χ2v) is 6.50. The Morgan fingerprint density at radius 1 is 1.22 bits per heavy atom. The van der Waals surface area contributed by atoms with Gasteiger partial charge in [-0.05, 0) is 17.7 Å². The smallest absolute Gasteiger partial charge is 0.253 e. The molecule has 7 nitrogen and oxygen atoms in total. The maximum absolute atomic E-state index is 12.4. The number of nitrogens with zero attached hydrogens (tertiary/aromatic N) is 3. The molecule has 2 amide bonds. The molecule has 4 rings (SSSR count). The summed E-state index contributed by atoms with van der Waals surface area (Å²) in [6.07, 6.45) is 2.41. The van der Waals surface area contributed by atoms with Gasteiger partial charge in [-0.25, -0.2) is 9.97 Å². The number of fused-ring (bicyclic) bond motifs is 1. The number of aromatic amines is 1. The van der Waals surface area contributed by atoms with E-state index in [2.05, 4.69) is 20.3 Å². The Balaban J connectivity index is 1.57. The molecule has 3 heterocycles. The van der Waals surface area contributed by atoms with Gasteiger partial charge in [-0.3, -0.25) is 9.59 Å². The molecule has 0 aliphatic carbocycles. The van der Waals surface area contributed by atoms with E-state index >= 15 is 0 Å². The van der Waals surface area contributed by atoms with Crippen LogP contribution < -0.4 is 9.74 Å². The van der Waals surface area contributed by atoms with Crippen LogP contribution >= 0.6 is 11.8 Å². The van der Waals surface area contributed by atoms with Crippen LogP contribution in [0.5, 0.6) is 0 Å². The van der Waals surface area contributed by atoms with Gasteiger partial charge in [-0.1, -0.05) is 30.3 Å². The number of H-pyrrole nitrogens is 1. The van der Waals surface area contributed by atoms with Crippen molar-refractivity contribution >= 4 is 29.5 Å². The highest BCUT2D eigenvalue weighted by atomic mass is 35.5. The molecule has 0 fully saturated rings. The van der Waals surface area contributed by atoms with Crippen LogP contribution in [0.1, 0.15) is 21.6 Å². The van der Waals surface area contributed by atoms with Gasteiger partial charge in [0, 0.05) is 36.6 Å². The van der Waals surface area contributed by atoms with Crippen molar-refractivity contribution in [3.05, 3.63) is 65.5 Å². The molecule has 0 atom stereocenters. The Bertz CT molecular complexity index is 1000. The quantitative estimate of drug-likeness (QED) is 0.679. The van der Waals surface area contributed by atoms with Crippen LogP contribution in [0.4, 0.5) is 5.95 Å². The largest absolute Gasteiger partial charge is 0.356 e. The van der Waals surface area contributed by atoms with E-state index in [1.54, 1.807) is 12.1 Å². The average molecular weight is 382 g/mol. The number of hydrogen-bond donors (Lipinski definition) is 2. The molecule has 1 aliphatic heterocycles. The lowest BCUT2D eigenvalue weighted by atomic mass is 10.1. The van der Waals surface area contributed by atoms with Crippen molar-refractivity contribution in [3.8, 4) is 11.4 Å². The molecule has 1 aliphatic rings. The van der Waals surface area contributed by atoms with Crippen molar-refractivity contribution in [2.24, 2.45) is 0 Å². The molecule has 27 heavy (non-hydrogen) atoms. The summed E-state index contributed by atoms with van der Waals surface area (Å²) < 4.78 is 0.923. The molecule has 0 bridgehead atoms. The Morgan fingerprint density at radius 3 is 2.81 bits per heavy atom. The van der Waals surface area contributed by atoms with Gasteiger partial charge in [0.05, 0.1) is 23.4 Å². The first-order valence-corrected chi connectivity index (χ1v) is 8.82. The van der Waals surface area contributed by atoms with Gasteiger partial charge in [-0.15, -0.1) is 0 Å². The predicted octanol–water partition coefficient (Wildman–Crippen LogP) is 2.49. The number of benzene rings is 1. The Morgan fingerprint density at radius 2 is 2.04 bits per heavy atom. The van der Waals surface area contributed by atoms with Crippen LogP contribution in [0.2, 0.25) is 0 Å². The summed E-state index contributed by atoms with van der Waals surface area (Å²) in [5.74, 6) is -0.345. The van der Waals surface area contributed by atoms with Gasteiger partial charge in [0.25, 0.3) is 5.91 Å². The summed E-state index contributed by atoms with van der Waals surface area (Å²) in [5.41, 5.74) is 3.57. The highest BCUT2D eigenvalue weighted by Crippen LogP contribution is 2.24. The number of anilines is 1. The summed E-state index contributed by atoms with van der Waals surface area (Å²) in [5, 5.41) is 2.81. The first-order chi connectivity index (χ1) is 13.1. The zero-order valence-electron chi connectivity index (χ0n) is 14.3. The van der Waals surface area contributed by atoms with Crippen LogP contribution in [0, 0.1) is 0 Å². The summed E-state index contributed by atoms with van der Waals surface area (Å²) in [6.45, 7) is 0.601. The lowest BCUT2D eigenvalue weighted by molar-refractivity contribution is -0.116. The van der Waals surface area contributed by atoms with Crippen molar-refractivity contribution in [3.63, 3.8) is 0 Å². The van der Waals surface area contributed by atoms with Crippen LogP contribution in [0.25, 0.3) is 11.4 Å². The van der Waals surface area contributed by atoms with Crippen molar-refractivity contribution < 1.29 is 9.59 Å². The third-order valence-electron chi connectivity index (χ3n) is 4.32. The highest BCUT2D eigenvalue weighted by molar-refractivity contribution is 6.36. The van der Waals surface area contributed by atoms with E-state index in [0.29, 0.717) is 23.5 Å². The highest BCUT2D eigenvalue weighted by Gasteiger charge is 2.22. The fourth-order valence-electron chi connectivity index (χ4n) is 2.98. The molecule has 0 radical (unpaired) electrons. The number of carbonyl (C=O) groups is 2. The molecule has 136 valence electrons. The van der Waals surface area contributed by atoms with Gasteiger partial charge in [-0.2, -0.15) is 4.42 Å². The molecule has 0 spiro atoms. The average Bonchev–Trinajstić information content (AvgIpc) is 3.14. The lowest BCUT2D eigenvalue weighted by Crippen LogP contribution is -2.31. The molecular weight excluding hydrogens is 366 g/mol. The minimum Gasteiger partial charge on any atom is -0.356 e. The maximum Gasteiger partial charge on any atom is 0.253 e. The second kappa shape index (κ2) is 7.20. The van der Waals surface area contributed by atoms with Crippen molar-refractivity contribution in [1.29, 1.82) is 0 Å². The van der Waals surface area contributed by atoms with E-state index < -0.39 is 0 Å². The number of amides is 2. The van der Waals surface area contributed by atoms with Gasteiger partial charge in [0.2, 0.25) is 11.9 Å². The monoisotopic (exact) mass is 381 g/mol. The summed E-state index contributed by atoms with van der Waals surface area (Å²) in [6, 6.07) is 12.8. The fraction of sp³-hybridized carbons (Fsp3) is 0.158. The van der Waals surface area contributed by atoms with E-state index in [9.17, 15) is 9.59 Å². The normalized spacial score (nSPS) is 13.0. The van der Waals surface area contributed by atoms with Crippen LogP contribution in [0.15, 0.2) is 48.7 Å². The number of aromatic nitrogens is 3. The summed E-state index contributed by atoms with van der Waals surface area (Å²) in [7, 11) is 0. The Hall–Kier alpha value is -3.19. The van der Waals surface area contributed by atoms with Crippen LogP contribution in [0.3, 0.4) is 0 Å². The Kier molecular flexibility index (Phi) is 4.60. The molecule has 0 saturated carbocycles. The molecule has 3 aromatic rings. The molecule has 0 saturated heterocycles. The Labute approximate surface area is 160 Å². The van der Waals surface area contributed by atoms with E-state index in [-0.39, 0.29) is 24.2 Å². The van der Waals surface area contributed by atoms with Gasteiger partial charge in [0.1, 0.15) is 0 Å². The lowest BCUT2D eigenvalue weighted by Gasteiger charge is -2.12. The topological polar surface area (TPSA) is 91.0 Å². The van der Waals surface area contributed by atoms with Crippen molar-refractivity contribution in [2.75, 3.05) is 11.0 Å². The molecule has 8 heteroatoms. The molecule has 1 aromatic carbocycles. The van der Waals surface area contributed by atoms with E-state index in [0.717, 1.165) is 22.1 Å². The number of rotatable bonds is 4. The van der Waals surface area contributed by atoms with Crippen LogP contribution in [-0.4, -0.2) is 33.3 Å². The van der Waals surface area contributed by atoms with Gasteiger partial charge in [0.15, 0.2) is 0 Å². The minimum absolute atomic E-state index is 0.0899. The third kappa shape index (κ3) is 3.54. The van der Waals surface area contributed by atoms with E-state index in [1.807, 2.05) is 30.3 Å². The number of nitrogens with one attached hydrogen (secondary N) is 2. The first-order valence-electron chi connectivity index (χ1n) is 8.48. The van der Waals surface area contributed by atoms with Gasteiger partial charge < -0.3 is 10.3 Å². The maximum atomic E-state index is 12.4. The molecule has 2 aromatic heterocycles. The SMILES string of the molecule is O=C1NCCc2[nH]c(-c3ccnc(N(Cl)C(=O)Cc4ccccc4)n3)cc21. The number of hydrogen-bond acceptors (Lipinski definition) is 4. The van der Waals surface area contributed by atoms with Crippen molar-refractivity contribution in [2.45, 2.75) is 12.8 Å². The van der Waals surface area contributed by atoms with E-state index in [4.69, 9.17) is 11.8 Å².